The number of aromatic nitrogens is 5. The highest BCUT2D eigenvalue weighted by Gasteiger charge is 2.31. The van der Waals surface area contributed by atoms with Crippen LogP contribution in [0.25, 0.3) is 22.0 Å². The van der Waals surface area contributed by atoms with E-state index in [2.05, 4.69) is 25.5 Å². The summed E-state index contributed by atoms with van der Waals surface area (Å²) in [4.78, 5) is 32.9. The van der Waals surface area contributed by atoms with Crippen LogP contribution in [0.5, 0.6) is 0 Å². The quantitative estimate of drug-likeness (QED) is 0.284. The van der Waals surface area contributed by atoms with Gasteiger partial charge in [0, 0.05) is 47.8 Å². The number of aliphatic imine (C=N–C) groups is 1. The van der Waals surface area contributed by atoms with Gasteiger partial charge in [0.25, 0.3) is 5.89 Å². The van der Waals surface area contributed by atoms with Crippen LogP contribution in [0.15, 0.2) is 76.4 Å². The van der Waals surface area contributed by atoms with Crippen molar-refractivity contribution in [2.75, 3.05) is 5.32 Å². The minimum Gasteiger partial charge on any atom is -0.402 e. The molecule has 9 nitrogen and oxygen atoms in total. The van der Waals surface area contributed by atoms with Gasteiger partial charge in [0.1, 0.15) is 11.5 Å². The van der Waals surface area contributed by atoms with Gasteiger partial charge < -0.3 is 9.73 Å². The fraction of sp³-hybridized carbons (Fsp3) is 0.233. The molecule has 2 aromatic carbocycles. The van der Waals surface area contributed by atoms with Gasteiger partial charge in [0.05, 0.1) is 15.6 Å². The van der Waals surface area contributed by atoms with E-state index < -0.39 is 6.17 Å². The smallest absolute Gasteiger partial charge is 0.317 e. The van der Waals surface area contributed by atoms with Crippen molar-refractivity contribution < 1.29 is 9.21 Å². The molecule has 7 rings (SSSR count). The second kappa shape index (κ2) is 10.2. The molecule has 5 aromatic rings. The van der Waals surface area contributed by atoms with Crippen LogP contribution in [0.2, 0.25) is 0 Å². The van der Waals surface area contributed by atoms with Gasteiger partial charge in [-0.15, -0.1) is 16.4 Å². The van der Waals surface area contributed by atoms with Crippen LogP contribution in [0.4, 0.5) is 6.01 Å². The number of thiazole rings is 1. The number of carbonyl (C=O) groups excluding carboxylic acids is 1. The van der Waals surface area contributed by atoms with Crippen LogP contribution in [-0.4, -0.2) is 42.8 Å². The number of hydrogen-bond donors (Lipinski definition) is 1. The molecule has 3 aromatic heterocycles. The maximum absolute atomic E-state index is 13.3. The molecule has 0 spiro atoms. The highest BCUT2D eigenvalue weighted by Crippen LogP contribution is 2.46. The SMILES string of the molecule is CCc1ncc(-c2sc(C3CC3)nc2-c2nnc(N[C@H]3N=C(c4ccccc4)c4ccccc4CC3=O)o2)cn1. The summed E-state index contributed by atoms with van der Waals surface area (Å²) in [5.41, 5.74) is 5.01. The van der Waals surface area contributed by atoms with Crippen molar-refractivity contribution in [1.29, 1.82) is 0 Å². The molecule has 1 N–H and O–H groups in total. The first-order valence-corrected chi connectivity index (χ1v) is 14.1. The molecule has 0 bridgehead atoms. The Bertz CT molecular complexity index is 1720. The van der Waals surface area contributed by atoms with Crippen LogP contribution < -0.4 is 5.32 Å². The Hall–Kier alpha value is -4.57. The monoisotopic (exact) mass is 547 g/mol. The van der Waals surface area contributed by atoms with Gasteiger partial charge >= 0.3 is 6.01 Å². The van der Waals surface area contributed by atoms with E-state index in [0.717, 1.165) is 62.9 Å². The Balaban J connectivity index is 1.22. The van der Waals surface area contributed by atoms with Crippen molar-refractivity contribution in [2.24, 2.45) is 4.99 Å². The molecule has 0 unspecified atom stereocenters. The van der Waals surface area contributed by atoms with E-state index in [1.807, 2.05) is 73.9 Å². The fourth-order valence-electron chi connectivity index (χ4n) is 4.73. The van der Waals surface area contributed by atoms with E-state index in [9.17, 15) is 4.79 Å². The topological polar surface area (TPSA) is 119 Å². The zero-order valence-corrected chi connectivity index (χ0v) is 22.6. The third kappa shape index (κ3) is 4.71. The van der Waals surface area contributed by atoms with Crippen molar-refractivity contribution in [1.82, 2.24) is 25.1 Å². The largest absolute Gasteiger partial charge is 0.402 e. The van der Waals surface area contributed by atoms with Gasteiger partial charge in [-0.1, -0.05) is 66.6 Å². The van der Waals surface area contributed by atoms with E-state index in [1.165, 1.54) is 0 Å². The van der Waals surface area contributed by atoms with E-state index >= 15 is 0 Å². The van der Waals surface area contributed by atoms with E-state index in [1.54, 1.807) is 11.3 Å². The summed E-state index contributed by atoms with van der Waals surface area (Å²) in [6.07, 6.45) is 6.01. The number of anilines is 1. The number of rotatable bonds is 7. The Morgan fingerprint density at radius 1 is 0.975 bits per heavy atom. The van der Waals surface area contributed by atoms with Crippen LogP contribution in [0.3, 0.4) is 0 Å². The van der Waals surface area contributed by atoms with Gasteiger partial charge in [-0.2, -0.15) is 0 Å². The number of nitrogens with zero attached hydrogens (tertiary/aromatic N) is 6. The molecule has 10 heteroatoms. The van der Waals surface area contributed by atoms with Crippen molar-refractivity contribution in [3.05, 3.63) is 94.5 Å². The number of ketones is 1. The lowest BCUT2D eigenvalue weighted by molar-refractivity contribution is -0.119. The maximum atomic E-state index is 13.3. The number of nitrogens with one attached hydrogen (secondary N) is 1. The lowest BCUT2D eigenvalue weighted by Gasteiger charge is -2.11. The molecule has 1 aliphatic heterocycles. The number of benzene rings is 2. The van der Waals surface area contributed by atoms with Crippen LogP contribution in [-0.2, 0) is 17.6 Å². The highest BCUT2D eigenvalue weighted by molar-refractivity contribution is 7.15. The van der Waals surface area contributed by atoms with Crippen molar-refractivity contribution in [3.8, 4) is 22.0 Å². The summed E-state index contributed by atoms with van der Waals surface area (Å²) < 4.78 is 6.05. The molecular weight excluding hydrogens is 522 g/mol. The molecule has 0 saturated heterocycles. The van der Waals surface area contributed by atoms with E-state index in [0.29, 0.717) is 11.6 Å². The average Bonchev–Trinajstić information content (AvgIpc) is 3.62. The lowest BCUT2D eigenvalue weighted by atomic mass is 9.96. The molecule has 1 aliphatic carbocycles. The van der Waals surface area contributed by atoms with E-state index in [-0.39, 0.29) is 24.1 Å². The predicted molar refractivity (Wildman–Crippen MR) is 152 cm³/mol. The zero-order chi connectivity index (χ0) is 27.1. The molecule has 2 aliphatic rings. The van der Waals surface area contributed by atoms with Gasteiger partial charge in [-0.3, -0.25) is 9.79 Å². The van der Waals surface area contributed by atoms with Crippen LogP contribution >= 0.6 is 11.3 Å². The molecular formula is C30H25N7O2S. The predicted octanol–water partition coefficient (Wildman–Crippen LogP) is 5.49. The van der Waals surface area contributed by atoms with Crippen molar-refractivity contribution >= 4 is 28.8 Å². The Labute approximate surface area is 234 Å². The summed E-state index contributed by atoms with van der Waals surface area (Å²) in [7, 11) is 0. The standard InChI is InChI=1S/C30H25N7O2S/c1-2-23-31-15-20(16-32-23)26-25(34-29(40-26)18-12-13-18)28-36-37-30(39-28)35-27-22(38)14-19-10-6-7-11-21(19)24(33-27)17-8-4-3-5-9-17/h3-11,15-16,18,27H,2,12-14H2,1H3,(H,35,37)/t27-/m1/s1. The first-order chi connectivity index (χ1) is 19.7. The second-order valence-corrected chi connectivity index (χ2v) is 10.9. The first-order valence-electron chi connectivity index (χ1n) is 13.3. The Kier molecular flexibility index (Phi) is 6.24. The highest BCUT2D eigenvalue weighted by atomic mass is 32.1. The van der Waals surface area contributed by atoms with Crippen LogP contribution in [0.1, 0.15) is 53.2 Å². The number of hydrogen-bond acceptors (Lipinski definition) is 10. The van der Waals surface area contributed by atoms with Gasteiger partial charge in [-0.25, -0.2) is 15.0 Å². The number of fused-ring (bicyclic) bond motifs is 1. The average molecular weight is 548 g/mol. The maximum Gasteiger partial charge on any atom is 0.317 e. The summed E-state index contributed by atoms with van der Waals surface area (Å²) in [5, 5.41) is 12.6. The summed E-state index contributed by atoms with van der Waals surface area (Å²) >= 11 is 1.62. The van der Waals surface area contributed by atoms with Gasteiger partial charge in [0.15, 0.2) is 11.9 Å². The molecule has 0 amide bonds. The van der Waals surface area contributed by atoms with Crippen molar-refractivity contribution in [3.63, 3.8) is 0 Å². The summed E-state index contributed by atoms with van der Waals surface area (Å²) in [6.45, 7) is 2.02. The minimum absolute atomic E-state index is 0.0864. The molecule has 1 saturated carbocycles. The third-order valence-corrected chi connectivity index (χ3v) is 8.26. The molecule has 40 heavy (non-hydrogen) atoms. The van der Waals surface area contributed by atoms with Crippen LogP contribution in [0, 0.1) is 0 Å². The molecule has 0 radical (unpaired) electrons. The third-order valence-electron chi connectivity index (χ3n) is 6.99. The Morgan fingerprint density at radius 3 is 2.52 bits per heavy atom. The normalized spacial score (nSPS) is 16.8. The first kappa shape index (κ1) is 24.5. The number of Topliss-reactive ketones (excluding diaryl/α,β-unsaturated/α-hetero) is 1. The van der Waals surface area contributed by atoms with Crippen molar-refractivity contribution in [2.45, 2.75) is 44.7 Å². The summed E-state index contributed by atoms with van der Waals surface area (Å²) in [6, 6.07) is 17.8. The molecule has 1 fully saturated rings. The molecule has 1 atom stereocenters. The molecule has 198 valence electrons. The number of aryl methyl sites for hydroxylation is 1. The fourth-order valence-corrected chi connectivity index (χ4v) is 5.93. The Morgan fingerprint density at radius 2 is 1.75 bits per heavy atom. The minimum atomic E-state index is -0.886. The van der Waals surface area contributed by atoms with Gasteiger partial charge in [-0.05, 0) is 18.4 Å². The second-order valence-electron chi connectivity index (χ2n) is 9.85. The molecule has 4 heterocycles. The van der Waals surface area contributed by atoms with E-state index in [4.69, 9.17) is 14.4 Å². The zero-order valence-electron chi connectivity index (χ0n) is 21.7. The number of carbonyl (C=O) groups is 1. The van der Waals surface area contributed by atoms with Gasteiger partial charge in [0.2, 0.25) is 0 Å². The summed E-state index contributed by atoms with van der Waals surface area (Å²) in [5.74, 6) is 1.44. The lowest BCUT2D eigenvalue weighted by Crippen LogP contribution is -2.29.